The van der Waals surface area contributed by atoms with Crippen LogP contribution in [0.2, 0.25) is 0 Å². The van der Waals surface area contributed by atoms with Gasteiger partial charge in [-0.1, -0.05) is 5.16 Å². The molecule has 0 aliphatic rings. The Bertz CT molecular complexity index is 633. The van der Waals surface area contributed by atoms with Crippen LogP contribution in [0, 0.1) is 6.92 Å². The summed E-state index contributed by atoms with van der Waals surface area (Å²) in [6, 6.07) is 7.28. The number of amidine groups is 1. The highest BCUT2D eigenvalue weighted by molar-refractivity contribution is 9.10. The first-order valence-corrected chi connectivity index (χ1v) is 6.96. The maximum atomic E-state index is 8.64. The summed E-state index contributed by atoms with van der Waals surface area (Å²) in [6.45, 7) is 1.92. The molecule has 0 bridgehead atoms. The Balaban J connectivity index is 2.27. The summed E-state index contributed by atoms with van der Waals surface area (Å²) in [5.41, 5.74) is 7.09. The average Bonchev–Trinajstić information content (AvgIpc) is 2.40. The Morgan fingerprint density at radius 2 is 2.21 bits per heavy atom. The summed E-state index contributed by atoms with van der Waals surface area (Å²) in [5, 5.41) is 12.3. The van der Waals surface area contributed by atoms with Gasteiger partial charge in [0.15, 0.2) is 11.0 Å². The summed E-state index contributed by atoms with van der Waals surface area (Å²) in [7, 11) is 0. The van der Waals surface area contributed by atoms with Gasteiger partial charge in [0.2, 0.25) is 0 Å². The van der Waals surface area contributed by atoms with E-state index in [0.717, 1.165) is 15.1 Å². The minimum absolute atomic E-state index is 0.0732. The predicted octanol–water partition coefficient (Wildman–Crippen LogP) is 2.79. The third-order valence-electron chi connectivity index (χ3n) is 2.31. The molecule has 0 saturated carbocycles. The van der Waals surface area contributed by atoms with Crippen LogP contribution < -0.4 is 5.73 Å². The first-order valence-electron chi connectivity index (χ1n) is 5.35. The third kappa shape index (κ3) is 3.45. The maximum Gasteiger partial charge on any atom is 0.192 e. The van der Waals surface area contributed by atoms with Crippen LogP contribution in [0.5, 0.6) is 0 Å². The van der Waals surface area contributed by atoms with Gasteiger partial charge in [-0.2, -0.15) is 0 Å². The van der Waals surface area contributed by atoms with Gasteiger partial charge in [0.25, 0.3) is 0 Å². The van der Waals surface area contributed by atoms with Crippen molar-refractivity contribution in [1.82, 2.24) is 9.97 Å². The van der Waals surface area contributed by atoms with E-state index < -0.39 is 0 Å². The molecule has 2 aromatic rings. The lowest BCUT2D eigenvalue weighted by atomic mass is 10.2. The fourth-order valence-electron chi connectivity index (χ4n) is 1.37. The molecule has 1 heterocycles. The Hall–Kier alpha value is -1.60. The molecular weight excluding hydrogens is 328 g/mol. The molecule has 7 heteroatoms. The van der Waals surface area contributed by atoms with Gasteiger partial charge in [0, 0.05) is 26.8 Å². The van der Waals surface area contributed by atoms with Crippen LogP contribution in [0.25, 0.3) is 0 Å². The van der Waals surface area contributed by atoms with Crippen LogP contribution in [-0.4, -0.2) is 21.0 Å². The third-order valence-corrected chi connectivity index (χ3v) is 4.18. The molecule has 0 aliphatic heterocycles. The second-order valence-electron chi connectivity index (χ2n) is 3.71. The standard InChI is InChI=1S/C12H11BrN4OS/c1-7-4-5-15-12(16-7)19-10-3-2-8(6-9(10)13)11(14)17-18/h2-6,18H,1H3,(H2,14,17). The SMILES string of the molecule is Cc1ccnc(Sc2ccc(/C(N)=N/O)cc2Br)n1. The average molecular weight is 339 g/mol. The van der Waals surface area contributed by atoms with E-state index in [4.69, 9.17) is 10.9 Å². The van der Waals surface area contributed by atoms with Gasteiger partial charge >= 0.3 is 0 Å². The van der Waals surface area contributed by atoms with Gasteiger partial charge in [-0.05, 0) is 58.9 Å². The number of nitrogens with zero attached hydrogens (tertiary/aromatic N) is 3. The lowest BCUT2D eigenvalue weighted by molar-refractivity contribution is 0.318. The smallest absolute Gasteiger partial charge is 0.192 e. The van der Waals surface area contributed by atoms with Crippen LogP contribution >= 0.6 is 27.7 Å². The van der Waals surface area contributed by atoms with Gasteiger partial charge in [-0.15, -0.1) is 0 Å². The molecule has 5 nitrogen and oxygen atoms in total. The van der Waals surface area contributed by atoms with Gasteiger partial charge < -0.3 is 10.9 Å². The Morgan fingerprint density at radius 1 is 1.42 bits per heavy atom. The lowest BCUT2D eigenvalue weighted by Crippen LogP contribution is -2.12. The van der Waals surface area contributed by atoms with Gasteiger partial charge in [-0.25, -0.2) is 9.97 Å². The van der Waals surface area contributed by atoms with Gasteiger partial charge in [0.1, 0.15) is 0 Å². The van der Waals surface area contributed by atoms with Crippen molar-refractivity contribution in [2.24, 2.45) is 10.9 Å². The van der Waals surface area contributed by atoms with E-state index in [1.165, 1.54) is 11.8 Å². The van der Waals surface area contributed by atoms with Gasteiger partial charge in [-0.3, -0.25) is 0 Å². The zero-order valence-electron chi connectivity index (χ0n) is 10.0. The summed E-state index contributed by atoms with van der Waals surface area (Å²) < 4.78 is 0.840. The van der Waals surface area contributed by atoms with Crippen molar-refractivity contribution in [3.63, 3.8) is 0 Å². The molecule has 98 valence electrons. The number of halogens is 1. The number of aromatic nitrogens is 2. The first-order chi connectivity index (χ1) is 9.10. The van der Waals surface area contributed by atoms with E-state index in [-0.39, 0.29) is 5.84 Å². The fraction of sp³-hybridized carbons (Fsp3) is 0.0833. The first kappa shape index (κ1) is 13.8. The van der Waals surface area contributed by atoms with Crippen molar-refractivity contribution in [2.75, 3.05) is 0 Å². The highest BCUT2D eigenvalue weighted by atomic mass is 79.9. The second kappa shape index (κ2) is 6.03. The summed E-state index contributed by atoms with van der Waals surface area (Å²) in [4.78, 5) is 9.48. The number of hydrogen-bond acceptors (Lipinski definition) is 5. The van der Waals surface area contributed by atoms with Crippen LogP contribution in [0.1, 0.15) is 11.3 Å². The molecule has 0 spiro atoms. The quantitative estimate of drug-likeness (QED) is 0.295. The molecule has 0 atom stereocenters. The number of benzene rings is 1. The summed E-state index contributed by atoms with van der Waals surface area (Å²) in [5.74, 6) is 0.0732. The highest BCUT2D eigenvalue weighted by Gasteiger charge is 2.08. The fourth-order valence-corrected chi connectivity index (χ4v) is 2.79. The summed E-state index contributed by atoms with van der Waals surface area (Å²) in [6.07, 6.45) is 1.73. The normalized spacial score (nSPS) is 11.6. The van der Waals surface area contributed by atoms with Crippen LogP contribution in [0.4, 0.5) is 0 Å². The molecule has 1 aromatic heterocycles. The minimum atomic E-state index is 0.0732. The predicted molar refractivity (Wildman–Crippen MR) is 77.5 cm³/mol. The monoisotopic (exact) mass is 338 g/mol. The Kier molecular flexibility index (Phi) is 4.39. The molecule has 0 aliphatic carbocycles. The topological polar surface area (TPSA) is 84.4 Å². The lowest BCUT2D eigenvalue weighted by Gasteiger charge is -2.05. The number of nitrogens with two attached hydrogens (primary N) is 1. The minimum Gasteiger partial charge on any atom is -0.409 e. The Labute approximate surface area is 123 Å². The maximum absolute atomic E-state index is 8.64. The van der Waals surface area contributed by atoms with Crippen molar-refractivity contribution in [1.29, 1.82) is 0 Å². The molecular formula is C12H11BrN4OS. The molecule has 0 saturated heterocycles. The zero-order valence-corrected chi connectivity index (χ0v) is 12.4. The molecule has 0 unspecified atom stereocenters. The van der Waals surface area contributed by atoms with E-state index >= 15 is 0 Å². The molecule has 0 fully saturated rings. The molecule has 0 amide bonds. The van der Waals surface area contributed by atoms with Crippen LogP contribution in [0.15, 0.2) is 50.1 Å². The molecule has 1 aromatic carbocycles. The second-order valence-corrected chi connectivity index (χ2v) is 5.58. The van der Waals surface area contributed by atoms with E-state index in [1.807, 2.05) is 19.1 Å². The van der Waals surface area contributed by atoms with Gasteiger partial charge in [0.05, 0.1) is 0 Å². The van der Waals surface area contributed by atoms with E-state index in [1.54, 1.807) is 18.3 Å². The Morgan fingerprint density at radius 3 is 2.84 bits per heavy atom. The largest absolute Gasteiger partial charge is 0.409 e. The zero-order chi connectivity index (χ0) is 13.8. The van der Waals surface area contributed by atoms with Crippen molar-refractivity contribution >= 4 is 33.5 Å². The molecule has 2 rings (SSSR count). The van der Waals surface area contributed by atoms with Crippen molar-refractivity contribution in [3.8, 4) is 0 Å². The summed E-state index contributed by atoms with van der Waals surface area (Å²) >= 11 is 4.90. The molecule has 0 radical (unpaired) electrons. The van der Waals surface area contributed by atoms with E-state index in [0.29, 0.717) is 10.7 Å². The molecule has 19 heavy (non-hydrogen) atoms. The number of hydrogen-bond donors (Lipinski definition) is 2. The number of rotatable bonds is 3. The highest BCUT2D eigenvalue weighted by Crippen LogP contribution is 2.32. The number of aryl methyl sites for hydroxylation is 1. The number of oxime groups is 1. The van der Waals surface area contributed by atoms with E-state index in [2.05, 4.69) is 31.1 Å². The van der Waals surface area contributed by atoms with Crippen molar-refractivity contribution in [2.45, 2.75) is 17.0 Å². The van der Waals surface area contributed by atoms with E-state index in [9.17, 15) is 0 Å². The van der Waals surface area contributed by atoms with Crippen molar-refractivity contribution in [3.05, 3.63) is 46.2 Å². The molecule has 3 N–H and O–H groups in total. The van der Waals surface area contributed by atoms with Crippen LogP contribution in [0.3, 0.4) is 0 Å². The van der Waals surface area contributed by atoms with Crippen LogP contribution in [-0.2, 0) is 0 Å². The van der Waals surface area contributed by atoms with Crippen molar-refractivity contribution < 1.29 is 5.21 Å².